The summed E-state index contributed by atoms with van der Waals surface area (Å²) in [5, 5.41) is 4.99. The molecular weight excluding hydrogens is 410 g/mol. The van der Waals surface area contributed by atoms with Gasteiger partial charge >= 0.3 is 0 Å². The Morgan fingerprint density at radius 2 is 1.97 bits per heavy atom. The normalized spacial score (nSPS) is 11.2. The number of halogens is 1. The zero-order chi connectivity index (χ0) is 20.4. The molecule has 3 rings (SSSR count). The molecule has 0 spiro atoms. The summed E-state index contributed by atoms with van der Waals surface area (Å²) in [6, 6.07) is 5.80. The number of rotatable bonds is 7. The van der Waals surface area contributed by atoms with Crippen LogP contribution in [0.25, 0.3) is 10.2 Å². The summed E-state index contributed by atoms with van der Waals surface area (Å²) < 4.78 is 8.27. The second-order valence-corrected chi connectivity index (χ2v) is 8.25. The van der Waals surface area contributed by atoms with E-state index in [2.05, 4.69) is 10.00 Å². The van der Waals surface area contributed by atoms with E-state index in [0.717, 1.165) is 28.1 Å². The first-order chi connectivity index (χ1) is 13.3. The van der Waals surface area contributed by atoms with Gasteiger partial charge in [-0.25, -0.2) is 4.98 Å². The summed E-state index contributed by atoms with van der Waals surface area (Å²) in [6.45, 7) is 7.34. The van der Waals surface area contributed by atoms with Gasteiger partial charge in [-0.2, -0.15) is 5.10 Å². The molecule has 0 radical (unpaired) electrons. The van der Waals surface area contributed by atoms with Crippen LogP contribution in [0.2, 0.25) is 0 Å². The Morgan fingerprint density at radius 3 is 2.59 bits per heavy atom. The molecule has 0 fully saturated rings. The number of amides is 1. The fraction of sp³-hybridized carbons (Fsp3) is 0.450. The van der Waals surface area contributed by atoms with Crippen LogP contribution in [-0.4, -0.2) is 59.9 Å². The monoisotopic (exact) mass is 437 g/mol. The molecule has 2 aromatic heterocycles. The summed E-state index contributed by atoms with van der Waals surface area (Å²) in [7, 11) is 5.62. The number of hydrogen-bond donors (Lipinski definition) is 0. The molecule has 1 aromatic carbocycles. The van der Waals surface area contributed by atoms with Crippen LogP contribution in [0.4, 0.5) is 5.13 Å². The number of likely N-dealkylation sites (N-methyl/N-ethyl adjacent to an activating group) is 1. The van der Waals surface area contributed by atoms with Gasteiger partial charge in [0.25, 0.3) is 5.91 Å². The van der Waals surface area contributed by atoms with Gasteiger partial charge in [0, 0.05) is 25.3 Å². The third-order valence-corrected chi connectivity index (χ3v) is 5.75. The van der Waals surface area contributed by atoms with Crippen LogP contribution in [0.1, 0.15) is 35.9 Å². The van der Waals surface area contributed by atoms with E-state index < -0.39 is 0 Å². The lowest BCUT2D eigenvalue weighted by Gasteiger charge is -2.22. The summed E-state index contributed by atoms with van der Waals surface area (Å²) >= 11 is 1.52. The summed E-state index contributed by atoms with van der Waals surface area (Å²) in [5.74, 6) is 0.624. The number of benzene rings is 1. The number of fused-ring (bicyclic) bond motifs is 1. The molecule has 1 amide bonds. The van der Waals surface area contributed by atoms with Gasteiger partial charge in [0.15, 0.2) is 5.13 Å². The SMILES string of the molecule is COc1ccc(C)c2sc(N(CCN(C)C)C(=O)c3ccnn3C(C)C)nc12.Cl. The molecule has 7 nitrogen and oxygen atoms in total. The van der Waals surface area contributed by atoms with Crippen LogP contribution in [0.3, 0.4) is 0 Å². The molecule has 2 heterocycles. The quantitative estimate of drug-likeness (QED) is 0.558. The Kier molecular flexibility index (Phi) is 7.62. The molecule has 0 unspecified atom stereocenters. The Morgan fingerprint density at radius 1 is 1.24 bits per heavy atom. The molecule has 9 heteroatoms. The first-order valence-electron chi connectivity index (χ1n) is 9.27. The van der Waals surface area contributed by atoms with Crippen molar-refractivity contribution < 1.29 is 9.53 Å². The van der Waals surface area contributed by atoms with E-state index in [1.165, 1.54) is 11.3 Å². The maximum Gasteiger partial charge on any atom is 0.278 e. The zero-order valence-corrected chi connectivity index (χ0v) is 19.3. The van der Waals surface area contributed by atoms with E-state index in [1.54, 1.807) is 29.0 Å². The third kappa shape index (κ3) is 4.71. The van der Waals surface area contributed by atoms with E-state index >= 15 is 0 Å². The first-order valence-corrected chi connectivity index (χ1v) is 10.1. The number of aryl methyl sites for hydroxylation is 1. The fourth-order valence-electron chi connectivity index (χ4n) is 3.00. The molecule has 0 aliphatic rings. The van der Waals surface area contributed by atoms with Crippen molar-refractivity contribution in [3.8, 4) is 5.75 Å². The largest absolute Gasteiger partial charge is 0.494 e. The van der Waals surface area contributed by atoms with Gasteiger partial charge in [-0.1, -0.05) is 17.4 Å². The van der Waals surface area contributed by atoms with Crippen molar-refractivity contribution in [2.45, 2.75) is 26.8 Å². The number of methoxy groups -OCH3 is 1. The highest BCUT2D eigenvalue weighted by Gasteiger charge is 2.26. The van der Waals surface area contributed by atoms with Gasteiger partial charge in [0.05, 0.1) is 11.8 Å². The number of nitrogens with zero attached hydrogens (tertiary/aromatic N) is 5. The van der Waals surface area contributed by atoms with Crippen molar-refractivity contribution in [3.05, 3.63) is 35.7 Å². The van der Waals surface area contributed by atoms with E-state index in [1.807, 2.05) is 47.0 Å². The first kappa shape index (κ1) is 23.1. The number of anilines is 1. The maximum absolute atomic E-state index is 13.4. The van der Waals surface area contributed by atoms with Crippen LogP contribution in [-0.2, 0) is 0 Å². The van der Waals surface area contributed by atoms with Gasteiger partial charge < -0.3 is 9.64 Å². The topological polar surface area (TPSA) is 63.5 Å². The van der Waals surface area contributed by atoms with Crippen LogP contribution in [0.15, 0.2) is 24.4 Å². The minimum Gasteiger partial charge on any atom is -0.494 e. The molecule has 3 aromatic rings. The Bertz CT molecular complexity index is 983. The number of carbonyl (C=O) groups excluding carboxylic acids is 1. The molecular formula is C20H28ClN5O2S. The van der Waals surface area contributed by atoms with Gasteiger partial charge in [-0.15, -0.1) is 12.4 Å². The minimum absolute atomic E-state index is 0. The molecule has 0 aliphatic heterocycles. The molecule has 29 heavy (non-hydrogen) atoms. The highest BCUT2D eigenvalue weighted by atomic mass is 35.5. The lowest BCUT2D eigenvalue weighted by atomic mass is 10.2. The highest BCUT2D eigenvalue weighted by molar-refractivity contribution is 7.22. The van der Waals surface area contributed by atoms with Crippen molar-refractivity contribution in [1.82, 2.24) is 19.7 Å². The van der Waals surface area contributed by atoms with Crippen LogP contribution < -0.4 is 9.64 Å². The summed E-state index contributed by atoms with van der Waals surface area (Å²) in [5.41, 5.74) is 2.48. The Labute approximate surface area is 181 Å². The molecule has 158 valence electrons. The molecule has 0 N–H and O–H groups in total. The van der Waals surface area contributed by atoms with Gasteiger partial charge in [0.1, 0.15) is 17.0 Å². The number of hydrogen-bond acceptors (Lipinski definition) is 6. The Balaban J connectivity index is 0.00000300. The second-order valence-electron chi connectivity index (χ2n) is 7.27. The molecule has 0 saturated heterocycles. The van der Waals surface area contributed by atoms with Crippen molar-refractivity contribution in [1.29, 1.82) is 0 Å². The number of carbonyl (C=O) groups is 1. The lowest BCUT2D eigenvalue weighted by Crippen LogP contribution is -2.38. The minimum atomic E-state index is -0.0938. The predicted octanol–water partition coefficient (Wildman–Crippen LogP) is 4.02. The predicted molar refractivity (Wildman–Crippen MR) is 121 cm³/mol. The second kappa shape index (κ2) is 9.56. The van der Waals surface area contributed by atoms with Crippen LogP contribution >= 0.6 is 23.7 Å². The van der Waals surface area contributed by atoms with E-state index in [-0.39, 0.29) is 24.4 Å². The summed E-state index contributed by atoms with van der Waals surface area (Å²) in [4.78, 5) is 22.0. The number of ether oxygens (including phenoxy) is 1. The summed E-state index contributed by atoms with van der Waals surface area (Å²) in [6.07, 6.45) is 1.67. The highest BCUT2D eigenvalue weighted by Crippen LogP contribution is 2.36. The van der Waals surface area contributed by atoms with Gasteiger partial charge in [-0.05, 0) is 52.6 Å². The van der Waals surface area contributed by atoms with Crippen LogP contribution in [0, 0.1) is 6.92 Å². The van der Waals surface area contributed by atoms with Gasteiger partial charge in [-0.3, -0.25) is 14.4 Å². The molecule has 0 bridgehead atoms. The molecule has 0 atom stereocenters. The lowest BCUT2D eigenvalue weighted by molar-refractivity contribution is 0.0973. The number of aromatic nitrogens is 3. The van der Waals surface area contributed by atoms with Crippen molar-refractivity contribution in [2.24, 2.45) is 0 Å². The standard InChI is InChI=1S/C20H27N5O2S.ClH/c1-13(2)25-15(9-10-21-25)19(26)24(12-11-23(4)5)20-22-17-16(27-6)8-7-14(3)18(17)28-20;/h7-10,13H,11-12H2,1-6H3;1H. The average molecular weight is 438 g/mol. The maximum atomic E-state index is 13.4. The molecule has 0 saturated carbocycles. The van der Waals surface area contributed by atoms with Crippen LogP contribution in [0.5, 0.6) is 5.75 Å². The third-order valence-electron chi connectivity index (χ3n) is 4.54. The van der Waals surface area contributed by atoms with Gasteiger partial charge in [0.2, 0.25) is 0 Å². The smallest absolute Gasteiger partial charge is 0.278 e. The van der Waals surface area contributed by atoms with Crippen molar-refractivity contribution in [3.63, 3.8) is 0 Å². The number of thiazole rings is 1. The zero-order valence-electron chi connectivity index (χ0n) is 17.7. The van der Waals surface area contributed by atoms with E-state index in [0.29, 0.717) is 17.4 Å². The average Bonchev–Trinajstić information content (AvgIpc) is 3.29. The fourth-order valence-corrected chi connectivity index (χ4v) is 4.07. The Hall–Kier alpha value is -2.16. The van der Waals surface area contributed by atoms with Crippen molar-refractivity contribution in [2.75, 3.05) is 39.2 Å². The molecule has 0 aliphatic carbocycles. The van der Waals surface area contributed by atoms with Crippen molar-refractivity contribution >= 4 is 45.0 Å². The van der Waals surface area contributed by atoms with E-state index in [4.69, 9.17) is 9.72 Å². The van der Waals surface area contributed by atoms with E-state index in [9.17, 15) is 4.79 Å².